The van der Waals surface area contributed by atoms with Crippen LogP contribution in [0.4, 0.5) is 0 Å². The monoisotopic (exact) mass is 435 g/mol. The van der Waals surface area contributed by atoms with E-state index in [2.05, 4.69) is 4.74 Å². The van der Waals surface area contributed by atoms with Crippen molar-refractivity contribution in [3.63, 3.8) is 0 Å². The average molecular weight is 435 g/mol. The van der Waals surface area contributed by atoms with Gasteiger partial charge in [-0.15, -0.1) is 0 Å². The van der Waals surface area contributed by atoms with E-state index >= 15 is 0 Å². The highest BCUT2D eigenvalue weighted by molar-refractivity contribution is 5.69. The molecular formula is C21H23O10+. The van der Waals surface area contributed by atoms with E-state index in [4.69, 9.17) is 14.2 Å². The van der Waals surface area contributed by atoms with Crippen molar-refractivity contribution in [3.05, 3.63) is 47.2 Å². The Labute approximate surface area is 176 Å². The third-order valence-electron chi connectivity index (χ3n) is 5.17. The highest BCUT2D eigenvalue weighted by atomic mass is 16.7. The second kappa shape index (κ2) is 8.16. The van der Waals surface area contributed by atoms with Gasteiger partial charge in [0.15, 0.2) is 17.3 Å². The van der Waals surface area contributed by atoms with Gasteiger partial charge in [-0.25, -0.2) is 0 Å². The summed E-state index contributed by atoms with van der Waals surface area (Å²) in [7, 11) is 1.40. The Morgan fingerprint density at radius 3 is 2.52 bits per heavy atom. The van der Waals surface area contributed by atoms with E-state index in [1.165, 1.54) is 25.3 Å². The number of hydrogen-bond donors (Lipinski definition) is 6. The standard InChI is InChI=1S/C21H22O10/c1-28-16-4-9(2-3-12(16)23)20-17(31-21-19(27)18(26)14(25)8-29-21)7-11-13(24)5-10(22)6-15(11)30-20/h2-7,14,18-27H,8H2,1H3/p+1/t14-,18-,19+,20?,21-/m0/s1. The molecular weight excluding hydrogens is 412 g/mol. The number of phenolic OH excluding ortho intramolecular Hbond substituents is 3. The minimum atomic E-state index is -1.53. The average Bonchev–Trinajstić information content (AvgIpc) is 2.74. The topological polar surface area (TPSA) is 162 Å². The van der Waals surface area contributed by atoms with Gasteiger partial charge in [0.1, 0.15) is 35.4 Å². The maximum Gasteiger partial charge on any atom is 0.270 e. The molecule has 0 amide bonds. The third kappa shape index (κ3) is 3.93. The Bertz CT molecular complexity index is 1000. The molecule has 0 bridgehead atoms. The summed E-state index contributed by atoms with van der Waals surface area (Å²) in [5, 5.41) is 59.8. The Morgan fingerprint density at radius 2 is 1.77 bits per heavy atom. The fourth-order valence-electron chi connectivity index (χ4n) is 3.51. The van der Waals surface area contributed by atoms with Crippen LogP contribution in [0.2, 0.25) is 0 Å². The third-order valence-corrected chi connectivity index (χ3v) is 5.17. The molecule has 166 valence electrons. The van der Waals surface area contributed by atoms with Gasteiger partial charge in [-0.2, -0.15) is 0 Å². The molecule has 2 aromatic carbocycles. The summed E-state index contributed by atoms with van der Waals surface area (Å²) in [6, 6.07) is 7.08. The van der Waals surface area contributed by atoms with Crippen molar-refractivity contribution in [2.24, 2.45) is 0 Å². The Morgan fingerprint density at radius 1 is 1.00 bits per heavy atom. The molecule has 0 radical (unpaired) electrons. The van der Waals surface area contributed by atoms with E-state index in [1.807, 2.05) is 0 Å². The number of methoxy groups -OCH3 is 1. The number of ether oxygens (including phenoxy) is 4. The Hall–Kier alpha value is -3.18. The molecule has 0 saturated carbocycles. The van der Waals surface area contributed by atoms with Gasteiger partial charge >= 0.3 is 0 Å². The lowest BCUT2D eigenvalue weighted by atomic mass is 10.0. The van der Waals surface area contributed by atoms with Crippen LogP contribution in [-0.4, -0.2) is 73.7 Å². The van der Waals surface area contributed by atoms with Crippen molar-refractivity contribution in [2.75, 3.05) is 13.7 Å². The van der Waals surface area contributed by atoms with Crippen LogP contribution in [0.3, 0.4) is 0 Å². The molecule has 2 aliphatic rings. The Kier molecular flexibility index (Phi) is 5.54. The molecule has 7 N–H and O–H groups in total. The van der Waals surface area contributed by atoms with Crippen LogP contribution in [0, 0.1) is 0 Å². The zero-order chi connectivity index (χ0) is 22.3. The van der Waals surface area contributed by atoms with Crippen LogP contribution in [0.15, 0.2) is 36.1 Å². The van der Waals surface area contributed by atoms with Crippen LogP contribution in [0.1, 0.15) is 17.2 Å². The van der Waals surface area contributed by atoms with Gasteiger partial charge in [-0.05, 0) is 18.2 Å². The maximum atomic E-state index is 10.2. The lowest BCUT2D eigenvalue weighted by Gasteiger charge is -2.36. The van der Waals surface area contributed by atoms with Gasteiger partial charge in [0, 0.05) is 12.1 Å². The number of benzene rings is 2. The van der Waals surface area contributed by atoms with Crippen molar-refractivity contribution in [1.82, 2.24) is 0 Å². The predicted molar refractivity (Wildman–Crippen MR) is 106 cm³/mol. The first kappa shape index (κ1) is 21.1. The zero-order valence-electron chi connectivity index (χ0n) is 16.4. The molecule has 2 aliphatic heterocycles. The first-order valence-corrected chi connectivity index (χ1v) is 9.46. The highest BCUT2D eigenvalue weighted by Crippen LogP contribution is 2.46. The van der Waals surface area contributed by atoms with Crippen LogP contribution in [0.25, 0.3) is 6.08 Å². The minimum absolute atomic E-state index is 0.0765. The van der Waals surface area contributed by atoms with E-state index in [0.29, 0.717) is 11.3 Å². The fourth-order valence-corrected chi connectivity index (χ4v) is 3.51. The molecule has 2 heterocycles. The van der Waals surface area contributed by atoms with Crippen LogP contribution in [-0.2, 0) is 9.47 Å². The van der Waals surface area contributed by atoms with Crippen molar-refractivity contribution in [2.45, 2.75) is 30.7 Å². The van der Waals surface area contributed by atoms with Gasteiger partial charge in [-0.1, -0.05) is 0 Å². The fraction of sp³-hybridized carbons (Fsp3) is 0.333. The molecule has 1 fully saturated rings. The van der Waals surface area contributed by atoms with E-state index in [-0.39, 0.29) is 40.9 Å². The van der Waals surface area contributed by atoms with E-state index in [0.717, 1.165) is 6.07 Å². The summed E-state index contributed by atoms with van der Waals surface area (Å²) >= 11 is 0. The van der Waals surface area contributed by atoms with Crippen LogP contribution in [0.5, 0.6) is 28.7 Å². The second-order valence-corrected chi connectivity index (χ2v) is 7.28. The van der Waals surface area contributed by atoms with Gasteiger partial charge in [0.05, 0.1) is 25.3 Å². The molecule has 10 heteroatoms. The number of aliphatic hydroxyl groups is 4. The van der Waals surface area contributed by atoms with Gasteiger partial charge < -0.3 is 49.6 Å². The highest BCUT2D eigenvalue weighted by Gasteiger charge is 2.42. The largest absolute Gasteiger partial charge is 0.571 e. The lowest BCUT2D eigenvalue weighted by molar-refractivity contribution is -0.263. The summed E-state index contributed by atoms with van der Waals surface area (Å²) in [5.74, 6) is 0.165. The Balaban J connectivity index is 1.74. The zero-order valence-corrected chi connectivity index (χ0v) is 16.4. The second-order valence-electron chi connectivity index (χ2n) is 7.28. The van der Waals surface area contributed by atoms with Crippen molar-refractivity contribution < 1.29 is 49.6 Å². The smallest absolute Gasteiger partial charge is 0.270 e. The summed E-state index contributed by atoms with van der Waals surface area (Å²) in [6.45, 7) is -0.249. The minimum Gasteiger partial charge on any atom is -0.571 e. The van der Waals surface area contributed by atoms with Crippen molar-refractivity contribution in [3.8, 4) is 28.7 Å². The molecule has 2 aromatic rings. The lowest BCUT2D eigenvalue weighted by Crippen LogP contribution is -2.53. The summed E-state index contributed by atoms with van der Waals surface area (Å²) in [4.78, 5) is 0. The number of aromatic hydroxyl groups is 4. The van der Waals surface area contributed by atoms with Crippen molar-refractivity contribution in [1.29, 1.82) is 0 Å². The SMILES string of the molecule is COc1cc(C2[OH+]c3cc(O)cc(O)c3C=C2O[C@@H]2OC[C@H](O)[C@H](O)[C@H]2O)ccc1O. The van der Waals surface area contributed by atoms with Gasteiger partial charge in [0.25, 0.3) is 11.9 Å². The van der Waals surface area contributed by atoms with Crippen molar-refractivity contribution >= 4 is 6.08 Å². The van der Waals surface area contributed by atoms with E-state index in [1.54, 1.807) is 12.1 Å². The first-order valence-electron chi connectivity index (χ1n) is 9.46. The van der Waals surface area contributed by atoms with Gasteiger partial charge in [-0.3, -0.25) is 0 Å². The van der Waals surface area contributed by atoms with Gasteiger partial charge in [0.2, 0.25) is 6.29 Å². The summed E-state index contributed by atoms with van der Waals surface area (Å²) in [6.07, 6.45) is -4.90. The predicted octanol–water partition coefficient (Wildman–Crippen LogP) is 0.605. The maximum absolute atomic E-state index is 10.2. The number of hydrogen-bond acceptors (Lipinski definition) is 9. The van der Waals surface area contributed by atoms with Crippen LogP contribution >= 0.6 is 0 Å². The molecule has 0 spiro atoms. The molecule has 0 aromatic heterocycles. The first-order chi connectivity index (χ1) is 14.8. The molecule has 1 unspecified atom stereocenters. The quantitative estimate of drug-likeness (QED) is 0.378. The molecule has 10 nitrogen and oxygen atoms in total. The number of fused-ring (bicyclic) bond motifs is 1. The van der Waals surface area contributed by atoms with E-state index < -0.39 is 30.7 Å². The van der Waals surface area contributed by atoms with E-state index in [9.17, 15) is 30.6 Å². The number of aliphatic hydroxyl groups excluding tert-OH is 3. The molecule has 4 rings (SSSR count). The summed E-state index contributed by atoms with van der Waals surface area (Å²) < 4.78 is 20.9. The number of phenols is 3. The molecule has 0 aliphatic carbocycles. The normalized spacial score (nSPS) is 27.6. The van der Waals surface area contributed by atoms with Crippen LogP contribution < -0.4 is 4.74 Å². The summed E-state index contributed by atoms with van der Waals surface area (Å²) in [5.41, 5.74) is 0.820. The molecule has 5 atom stereocenters. The molecule has 31 heavy (non-hydrogen) atoms. The molecule has 1 saturated heterocycles. The number of rotatable bonds is 4.